The van der Waals surface area contributed by atoms with Gasteiger partial charge in [-0.25, -0.2) is 0 Å². The summed E-state index contributed by atoms with van der Waals surface area (Å²) in [5.41, 5.74) is -0.844. The Morgan fingerprint density at radius 2 is 2.05 bits per heavy atom. The minimum atomic E-state index is -0.844. The molecular formula is C12H11N5O2. The SMILES string of the molecule is O=C1C=CC2(C=C1)N1C(=O)CCC1Cc1nnnn12. The summed E-state index contributed by atoms with van der Waals surface area (Å²) in [4.78, 5) is 25.4. The summed E-state index contributed by atoms with van der Waals surface area (Å²) < 4.78 is 1.63. The number of nitrogens with zero attached hydrogens (tertiary/aromatic N) is 5. The van der Waals surface area contributed by atoms with Gasteiger partial charge in [-0.05, 0) is 41.2 Å². The lowest BCUT2D eigenvalue weighted by Gasteiger charge is -2.45. The smallest absolute Gasteiger partial charge is 0.225 e. The number of carbonyl (C=O) groups is 2. The highest BCUT2D eigenvalue weighted by atomic mass is 16.2. The first kappa shape index (κ1) is 10.6. The van der Waals surface area contributed by atoms with E-state index in [1.54, 1.807) is 21.7 Å². The summed E-state index contributed by atoms with van der Waals surface area (Å²) >= 11 is 0. The number of ketones is 1. The molecule has 1 aromatic rings. The van der Waals surface area contributed by atoms with Gasteiger partial charge in [-0.1, -0.05) is 0 Å². The number of fused-ring (bicyclic) bond motifs is 4. The molecule has 0 N–H and O–H groups in total. The summed E-state index contributed by atoms with van der Waals surface area (Å²) in [5.74, 6) is 0.739. The largest absolute Gasteiger partial charge is 0.308 e. The zero-order chi connectivity index (χ0) is 13.0. The number of allylic oxidation sites excluding steroid dienone is 2. The molecule has 2 aliphatic heterocycles. The molecule has 1 amide bonds. The van der Waals surface area contributed by atoms with Crippen LogP contribution in [-0.2, 0) is 21.7 Å². The standard InChI is InChI=1S/C12H11N5O2/c18-9-3-5-12(6-4-9)16-8(1-2-11(16)19)7-10-13-14-15-17(10)12/h3-6,8H,1-2,7H2. The predicted molar refractivity (Wildman–Crippen MR) is 62.7 cm³/mol. The predicted octanol–water partition coefficient (Wildman–Crippen LogP) is -0.432. The summed E-state index contributed by atoms with van der Waals surface area (Å²) in [6, 6.07) is 0.105. The number of hydrogen-bond acceptors (Lipinski definition) is 5. The number of amides is 1. The fraction of sp³-hybridized carbons (Fsp3) is 0.417. The van der Waals surface area contributed by atoms with Gasteiger partial charge >= 0.3 is 0 Å². The zero-order valence-electron chi connectivity index (χ0n) is 10.1. The average Bonchev–Trinajstić information content (AvgIpc) is 3.01. The molecule has 0 radical (unpaired) electrons. The lowest BCUT2D eigenvalue weighted by atomic mass is 9.95. The van der Waals surface area contributed by atoms with Crippen molar-refractivity contribution in [1.29, 1.82) is 0 Å². The van der Waals surface area contributed by atoms with Gasteiger partial charge in [-0.2, -0.15) is 4.68 Å². The van der Waals surface area contributed by atoms with E-state index in [-0.39, 0.29) is 17.7 Å². The van der Waals surface area contributed by atoms with E-state index in [1.807, 2.05) is 0 Å². The van der Waals surface area contributed by atoms with Crippen molar-refractivity contribution in [3.05, 3.63) is 30.1 Å². The van der Waals surface area contributed by atoms with Crippen molar-refractivity contribution < 1.29 is 9.59 Å². The van der Waals surface area contributed by atoms with Crippen LogP contribution in [0.1, 0.15) is 18.7 Å². The number of aromatic nitrogens is 4. The van der Waals surface area contributed by atoms with Gasteiger partial charge in [0.15, 0.2) is 17.3 Å². The van der Waals surface area contributed by atoms with E-state index in [2.05, 4.69) is 15.5 Å². The van der Waals surface area contributed by atoms with Crippen LogP contribution in [0.2, 0.25) is 0 Å². The van der Waals surface area contributed by atoms with E-state index < -0.39 is 5.66 Å². The van der Waals surface area contributed by atoms with Crippen molar-refractivity contribution in [3.8, 4) is 0 Å². The molecule has 1 atom stereocenters. The van der Waals surface area contributed by atoms with Crippen LogP contribution in [0, 0.1) is 0 Å². The van der Waals surface area contributed by atoms with Crippen LogP contribution in [0.25, 0.3) is 0 Å². The third kappa shape index (κ3) is 1.24. The first-order valence-electron chi connectivity index (χ1n) is 6.23. The second-order valence-corrected chi connectivity index (χ2v) is 5.02. The average molecular weight is 257 g/mol. The first-order chi connectivity index (χ1) is 9.21. The zero-order valence-corrected chi connectivity index (χ0v) is 10.1. The molecule has 1 aliphatic carbocycles. The lowest BCUT2D eigenvalue weighted by Crippen LogP contribution is -2.57. The Morgan fingerprint density at radius 1 is 1.26 bits per heavy atom. The maximum atomic E-state index is 12.2. The monoisotopic (exact) mass is 257 g/mol. The van der Waals surface area contributed by atoms with E-state index in [9.17, 15) is 9.59 Å². The van der Waals surface area contributed by atoms with Crippen LogP contribution in [0.3, 0.4) is 0 Å². The van der Waals surface area contributed by atoms with E-state index >= 15 is 0 Å². The topological polar surface area (TPSA) is 81.0 Å². The van der Waals surface area contributed by atoms with Gasteiger partial charge in [0.2, 0.25) is 5.91 Å². The first-order valence-corrected chi connectivity index (χ1v) is 6.23. The highest BCUT2D eigenvalue weighted by Crippen LogP contribution is 2.40. The quantitative estimate of drug-likeness (QED) is 0.630. The van der Waals surface area contributed by atoms with Crippen LogP contribution < -0.4 is 0 Å². The van der Waals surface area contributed by atoms with E-state index in [1.165, 1.54) is 12.2 Å². The van der Waals surface area contributed by atoms with Gasteiger partial charge < -0.3 is 4.90 Å². The molecule has 96 valence electrons. The van der Waals surface area contributed by atoms with Crippen molar-refractivity contribution in [3.63, 3.8) is 0 Å². The third-order valence-corrected chi connectivity index (χ3v) is 3.99. The Hall–Kier alpha value is -2.31. The molecule has 1 spiro atoms. The lowest BCUT2D eigenvalue weighted by molar-refractivity contribution is -0.137. The maximum absolute atomic E-state index is 12.2. The van der Waals surface area contributed by atoms with Gasteiger partial charge in [0.25, 0.3) is 0 Å². The van der Waals surface area contributed by atoms with Crippen LogP contribution in [0.4, 0.5) is 0 Å². The molecule has 0 saturated carbocycles. The van der Waals surface area contributed by atoms with Gasteiger partial charge in [-0.15, -0.1) is 5.10 Å². The molecule has 1 aromatic heterocycles. The molecule has 19 heavy (non-hydrogen) atoms. The molecule has 1 saturated heterocycles. The van der Waals surface area contributed by atoms with Crippen LogP contribution in [0.15, 0.2) is 24.3 Å². The maximum Gasteiger partial charge on any atom is 0.225 e. The van der Waals surface area contributed by atoms with E-state index in [4.69, 9.17) is 0 Å². The van der Waals surface area contributed by atoms with Crippen molar-refractivity contribution in [2.24, 2.45) is 0 Å². The number of tetrazole rings is 1. The molecular weight excluding hydrogens is 246 g/mol. The van der Waals surface area contributed by atoms with Gasteiger partial charge in [0, 0.05) is 18.9 Å². The van der Waals surface area contributed by atoms with Crippen LogP contribution >= 0.6 is 0 Å². The second-order valence-electron chi connectivity index (χ2n) is 5.02. The third-order valence-electron chi connectivity index (χ3n) is 3.99. The van der Waals surface area contributed by atoms with Crippen LogP contribution in [0.5, 0.6) is 0 Å². The Balaban J connectivity index is 1.95. The number of rotatable bonds is 0. The molecule has 7 heteroatoms. The van der Waals surface area contributed by atoms with Crippen molar-refractivity contribution in [2.75, 3.05) is 0 Å². The highest BCUT2D eigenvalue weighted by Gasteiger charge is 2.51. The van der Waals surface area contributed by atoms with Gasteiger partial charge in [-0.3, -0.25) is 9.59 Å². The van der Waals surface area contributed by atoms with Crippen LogP contribution in [-0.4, -0.2) is 42.8 Å². The van der Waals surface area contributed by atoms with Crippen molar-refractivity contribution >= 4 is 11.7 Å². The fourth-order valence-electron chi connectivity index (χ4n) is 3.18. The molecule has 3 heterocycles. The molecule has 4 rings (SSSR count). The summed E-state index contributed by atoms with van der Waals surface area (Å²) in [6.07, 6.45) is 8.37. The summed E-state index contributed by atoms with van der Waals surface area (Å²) in [6.45, 7) is 0. The minimum Gasteiger partial charge on any atom is -0.308 e. The molecule has 1 unspecified atom stereocenters. The minimum absolute atomic E-state index is 0.0785. The summed E-state index contributed by atoms with van der Waals surface area (Å²) in [7, 11) is 0. The second kappa shape index (κ2) is 3.37. The highest BCUT2D eigenvalue weighted by molar-refractivity contribution is 6.00. The molecule has 7 nitrogen and oxygen atoms in total. The van der Waals surface area contributed by atoms with Crippen molar-refractivity contribution in [2.45, 2.75) is 31.0 Å². The van der Waals surface area contributed by atoms with Gasteiger partial charge in [0.05, 0.1) is 0 Å². The summed E-state index contributed by atoms with van der Waals surface area (Å²) in [5, 5.41) is 11.7. The molecule has 1 fully saturated rings. The fourth-order valence-corrected chi connectivity index (χ4v) is 3.18. The Labute approximate surface area is 108 Å². The molecule has 0 aromatic carbocycles. The van der Waals surface area contributed by atoms with Crippen molar-refractivity contribution in [1.82, 2.24) is 25.1 Å². The number of hydrogen-bond donors (Lipinski definition) is 0. The van der Waals surface area contributed by atoms with E-state index in [0.717, 1.165) is 12.2 Å². The Morgan fingerprint density at radius 3 is 2.84 bits per heavy atom. The number of carbonyl (C=O) groups excluding carboxylic acids is 2. The van der Waals surface area contributed by atoms with Gasteiger partial charge in [0.1, 0.15) is 0 Å². The van der Waals surface area contributed by atoms with E-state index in [0.29, 0.717) is 12.8 Å². The normalized spacial score (nSPS) is 26.9. The molecule has 0 bridgehead atoms. The Bertz CT molecular complexity index is 628. The molecule has 3 aliphatic rings. The Kier molecular flexibility index (Phi) is 1.88.